The van der Waals surface area contributed by atoms with Gasteiger partial charge in [0.1, 0.15) is 5.69 Å². The van der Waals surface area contributed by atoms with Crippen LogP contribution in [-0.4, -0.2) is 46.5 Å². The van der Waals surface area contributed by atoms with E-state index in [1.165, 1.54) is 0 Å². The molecule has 2 aromatic heterocycles. The minimum atomic E-state index is -0.0316. The molecule has 174 valence electrons. The molecular weight excluding hydrogens is 456 g/mol. The highest BCUT2D eigenvalue weighted by atomic mass is 35.5. The van der Waals surface area contributed by atoms with Crippen molar-refractivity contribution in [1.29, 1.82) is 0 Å². The molecule has 35 heavy (non-hydrogen) atoms. The SMILES string of the molecule is Cn1c2ccccc2c2cc(C(=O)N3CCN(c4ccccc4Cl)CC3)nc(-c3ccccc3)c21. The first kappa shape index (κ1) is 21.7. The topological polar surface area (TPSA) is 41.4 Å². The number of anilines is 1. The standard InChI is InChI=1S/C29H25ClN4O/c1-32-25-13-7-5-11-21(25)22-19-24(31-27(28(22)32)20-9-3-2-4-10-20)29(35)34-17-15-33(16-18-34)26-14-8-6-12-23(26)30/h2-14,19H,15-18H2,1H3. The van der Waals surface area contributed by atoms with Gasteiger partial charge in [-0.1, -0.05) is 72.3 Å². The van der Waals surface area contributed by atoms with Crippen molar-refractivity contribution in [2.45, 2.75) is 0 Å². The largest absolute Gasteiger partial charge is 0.367 e. The molecule has 0 unspecified atom stereocenters. The lowest BCUT2D eigenvalue weighted by Crippen LogP contribution is -2.49. The molecule has 1 fully saturated rings. The number of aromatic nitrogens is 2. The van der Waals surface area contributed by atoms with Gasteiger partial charge in [-0.2, -0.15) is 0 Å². The van der Waals surface area contributed by atoms with Gasteiger partial charge in [0.25, 0.3) is 5.91 Å². The highest BCUT2D eigenvalue weighted by Gasteiger charge is 2.26. The predicted molar refractivity (Wildman–Crippen MR) is 143 cm³/mol. The second-order valence-electron chi connectivity index (χ2n) is 8.93. The Bertz CT molecular complexity index is 1550. The van der Waals surface area contributed by atoms with Crippen molar-refractivity contribution in [3.63, 3.8) is 0 Å². The summed E-state index contributed by atoms with van der Waals surface area (Å²) < 4.78 is 2.18. The van der Waals surface area contributed by atoms with Crippen LogP contribution >= 0.6 is 11.6 Å². The average molecular weight is 481 g/mol. The van der Waals surface area contributed by atoms with Crippen LogP contribution in [0.25, 0.3) is 33.1 Å². The summed E-state index contributed by atoms with van der Waals surface area (Å²) in [6.45, 7) is 2.72. The summed E-state index contributed by atoms with van der Waals surface area (Å²) in [5.41, 5.74) is 5.50. The molecule has 0 radical (unpaired) electrons. The molecule has 0 bridgehead atoms. The van der Waals surface area contributed by atoms with Gasteiger partial charge in [-0.25, -0.2) is 4.98 Å². The number of amides is 1. The number of hydrogen-bond acceptors (Lipinski definition) is 3. The lowest BCUT2D eigenvalue weighted by molar-refractivity contribution is 0.0741. The zero-order chi connectivity index (χ0) is 23.9. The number of benzene rings is 3. The Morgan fingerprint density at radius 2 is 1.51 bits per heavy atom. The van der Waals surface area contributed by atoms with Gasteiger partial charge in [0.2, 0.25) is 0 Å². The first-order valence-corrected chi connectivity index (χ1v) is 12.2. The minimum absolute atomic E-state index is 0.0316. The quantitative estimate of drug-likeness (QED) is 0.317. The van der Waals surface area contributed by atoms with Crippen LogP contribution < -0.4 is 4.90 Å². The molecule has 5 aromatic rings. The highest BCUT2D eigenvalue weighted by molar-refractivity contribution is 6.33. The first-order valence-electron chi connectivity index (χ1n) is 11.8. The summed E-state index contributed by atoms with van der Waals surface area (Å²) in [6, 6.07) is 28.3. The van der Waals surface area contributed by atoms with E-state index in [-0.39, 0.29) is 5.91 Å². The summed E-state index contributed by atoms with van der Waals surface area (Å²) in [4.78, 5) is 22.8. The highest BCUT2D eigenvalue weighted by Crippen LogP contribution is 2.35. The van der Waals surface area contributed by atoms with Gasteiger partial charge in [0, 0.05) is 55.1 Å². The third-order valence-electron chi connectivity index (χ3n) is 6.91. The van der Waals surface area contributed by atoms with E-state index in [0.29, 0.717) is 18.8 Å². The van der Waals surface area contributed by atoms with Crippen molar-refractivity contribution in [2.24, 2.45) is 7.05 Å². The van der Waals surface area contributed by atoms with E-state index in [0.717, 1.165) is 56.9 Å². The number of para-hydroxylation sites is 2. The van der Waals surface area contributed by atoms with Gasteiger partial charge in [-0.15, -0.1) is 0 Å². The normalized spacial score (nSPS) is 14.1. The van der Waals surface area contributed by atoms with Crippen molar-refractivity contribution >= 4 is 45.0 Å². The third kappa shape index (κ3) is 3.72. The number of aryl methyl sites for hydroxylation is 1. The summed E-state index contributed by atoms with van der Waals surface area (Å²) in [5, 5.41) is 2.92. The van der Waals surface area contributed by atoms with Crippen molar-refractivity contribution in [3.8, 4) is 11.3 Å². The van der Waals surface area contributed by atoms with Crippen LogP contribution in [-0.2, 0) is 7.05 Å². The van der Waals surface area contributed by atoms with Gasteiger partial charge >= 0.3 is 0 Å². The molecule has 1 amide bonds. The van der Waals surface area contributed by atoms with Crippen molar-refractivity contribution < 1.29 is 4.79 Å². The van der Waals surface area contributed by atoms with Crippen molar-refractivity contribution in [2.75, 3.05) is 31.1 Å². The van der Waals surface area contributed by atoms with Crippen LogP contribution in [0.2, 0.25) is 5.02 Å². The van der Waals surface area contributed by atoms with Crippen molar-refractivity contribution in [3.05, 3.63) is 95.6 Å². The van der Waals surface area contributed by atoms with Gasteiger partial charge in [-0.3, -0.25) is 4.79 Å². The number of halogens is 1. The van der Waals surface area contributed by atoms with Crippen LogP contribution in [0.3, 0.4) is 0 Å². The lowest BCUT2D eigenvalue weighted by Gasteiger charge is -2.36. The molecule has 0 aliphatic carbocycles. The molecule has 0 N–H and O–H groups in total. The Morgan fingerprint density at radius 1 is 0.829 bits per heavy atom. The molecule has 6 heteroatoms. The molecule has 6 rings (SSSR count). The molecular formula is C29H25ClN4O. The second kappa shape index (κ2) is 8.75. The van der Waals surface area contributed by atoms with Gasteiger partial charge in [0.15, 0.2) is 0 Å². The number of piperazine rings is 1. The van der Waals surface area contributed by atoms with Gasteiger partial charge in [0.05, 0.1) is 21.9 Å². The Hall–Kier alpha value is -3.83. The number of carbonyl (C=O) groups is 1. The lowest BCUT2D eigenvalue weighted by atomic mass is 10.1. The number of carbonyl (C=O) groups excluding carboxylic acids is 1. The number of rotatable bonds is 3. The van der Waals surface area contributed by atoms with Gasteiger partial charge < -0.3 is 14.4 Å². The molecule has 0 spiro atoms. The molecule has 0 saturated carbocycles. The maximum Gasteiger partial charge on any atom is 0.272 e. The fourth-order valence-electron chi connectivity index (χ4n) is 5.12. The average Bonchev–Trinajstić information content (AvgIpc) is 3.21. The first-order chi connectivity index (χ1) is 17.1. The fraction of sp³-hybridized carbons (Fsp3) is 0.172. The molecule has 1 saturated heterocycles. The van der Waals surface area contributed by atoms with Crippen LogP contribution in [0.5, 0.6) is 0 Å². The number of pyridine rings is 1. The zero-order valence-electron chi connectivity index (χ0n) is 19.5. The van der Waals surface area contributed by atoms with E-state index in [2.05, 4.69) is 40.8 Å². The monoisotopic (exact) mass is 480 g/mol. The fourth-order valence-corrected chi connectivity index (χ4v) is 5.38. The Morgan fingerprint density at radius 3 is 2.29 bits per heavy atom. The van der Waals surface area contributed by atoms with Crippen molar-refractivity contribution in [1.82, 2.24) is 14.5 Å². The zero-order valence-corrected chi connectivity index (χ0v) is 20.2. The minimum Gasteiger partial charge on any atom is -0.367 e. The second-order valence-corrected chi connectivity index (χ2v) is 9.33. The molecule has 3 aromatic carbocycles. The molecule has 1 aliphatic rings. The molecule has 1 aliphatic heterocycles. The smallest absolute Gasteiger partial charge is 0.272 e. The summed E-state index contributed by atoms with van der Waals surface area (Å²) >= 11 is 6.40. The van der Waals surface area contributed by atoms with Crippen LogP contribution in [0, 0.1) is 0 Å². The third-order valence-corrected chi connectivity index (χ3v) is 7.23. The van der Waals surface area contributed by atoms with E-state index in [1.807, 2.05) is 65.6 Å². The van der Waals surface area contributed by atoms with E-state index in [4.69, 9.17) is 16.6 Å². The summed E-state index contributed by atoms with van der Waals surface area (Å²) in [6.07, 6.45) is 0. The predicted octanol–water partition coefficient (Wildman–Crippen LogP) is 6.01. The van der Waals surface area contributed by atoms with Crippen LogP contribution in [0.1, 0.15) is 10.5 Å². The maximum absolute atomic E-state index is 13.7. The van der Waals surface area contributed by atoms with E-state index >= 15 is 0 Å². The molecule has 3 heterocycles. The van der Waals surface area contributed by atoms with Gasteiger partial charge in [-0.05, 0) is 24.3 Å². The number of nitrogens with zero attached hydrogens (tertiary/aromatic N) is 4. The Labute approximate surface area is 209 Å². The number of fused-ring (bicyclic) bond motifs is 3. The van der Waals surface area contributed by atoms with E-state index < -0.39 is 0 Å². The van der Waals surface area contributed by atoms with Crippen LogP contribution in [0.15, 0.2) is 84.9 Å². The Kier molecular flexibility index (Phi) is 5.42. The van der Waals surface area contributed by atoms with Crippen LogP contribution in [0.4, 0.5) is 5.69 Å². The molecule has 5 nitrogen and oxygen atoms in total. The van der Waals surface area contributed by atoms with E-state index in [1.54, 1.807) is 0 Å². The Balaban J connectivity index is 1.39. The maximum atomic E-state index is 13.7. The van der Waals surface area contributed by atoms with E-state index in [9.17, 15) is 4.79 Å². The number of hydrogen-bond donors (Lipinski definition) is 0. The summed E-state index contributed by atoms with van der Waals surface area (Å²) in [7, 11) is 2.06. The molecule has 0 atom stereocenters. The summed E-state index contributed by atoms with van der Waals surface area (Å²) in [5.74, 6) is -0.0316.